The van der Waals surface area contributed by atoms with E-state index in [9.17, 15) is 5.11 Å². The van der Waals surface area contributed by atoms with Gasteiger partial charge in [-0.1, -0.05) is 6.92 Å². The second-order valence-corrected chi connectivity index (χ2v) is 3.18. The maximum Gasteiger partial charge on any atom is 0.158 e. The molecule has 0 aliphatic carbocycles. The smallest absolute Gasteiger partial charge is 0.158 e. The standard InChI is InChI=1S/C10H14N4O/c1-2-9(15)3-4-12-10-7-13-8(5-11)6-14-10/h6-7,9,15H,2-4H2,1H3,(H,12,14). The van der Waals surface area contributed by atoms with Gasteiger partial charge in [-0.2, -0.15) is 5.26 Å². The summed E-state index contributed by atoms with van der Waals surface area (Å²) in [6.07, 6.45) is 4.08. The third-order valence-corrected chi connectivity index (χ3v) is 2.02. The van der Waals surface area contributed by atoms with Crippen LogP contribution in [0.15, 0.2) is 12.4 Å². The van der Waals surface area contributed by atoms with E-state index in [2.05, 4.69) is 15.3 Å². The van der Waals surface area contributed by atoms with Crippen molar-refractivity contribution < 1.29 is 5.11 Å². The second-order valence-electron chi connectivity index (χ2n) is 3.18. The monoisotopic (exact) mass is 206 g/mol. The Bertz CT molecular complexity index is 330. The van der Waals surface area contributed by atoms with E-state index in [0.29, 0.717) is 24.5 Å². The minimum Gasteiger partial charge on any atom is -0.393 e. The molecular weight excluding hydrogens is 192 g/mol. The van der Waals surface area contributed by atoms with Crippen LogP contribution in [0.2, 0.25) is 0 Å². The summed E-state index contributed by atoms with van der Waals surface area (Å²) in [4.78, 5) is 7.86. The number of nitriles is 1. The number of nitrogens with zero attached hydrogens (tertiary/aromatic N) is 3. The fourth-order valence-electron chi connectivity index (χ4n) is 1.05. The first-order valence-corrected chi connectivity index (χ1v) is 4.90. The van der Waals surface area contributed by atoms with Crippen molar-refractivity contribution in [2.45, 2.75) is 25.9 Å². The van der Waals surface area contributed by atoms with Crippen LogP contribution in [0.1, 0.15) is 25.5 Å². The first-order valence-electron chi connectivity index (χ1n) is 4.90. The second kappa shape index (κ2) is 5.94. The number of aliphatic hydroxyl groups excluding tert-OH is 1. The molecule has 1 heterocycles. The van der Waals surface area contributed by atoms with E-state index < -0.39 is 0 Å². The van der Waals surface area contributed by atoms with Crippen molar-refractivity contribution in [1.82, 2.24) is 9.97 Å². The van der Waals surface area contributed by atoms with Crippen LogP contribution < -0.4 is 5.32 Å². The van der Waals surface area contributed by atoms with E-state index in [-0.39, 0.29) is 6.10 Å². The van der Waals surface area contributed by atoms with Gasteiger partial charge in [0.15, 0.2) is 5.69 Å². The molecule has 0 spiro atoms. The molecule has 1 aromatic rings. The predicted octanol–water partition coefficient (Wildman–Crippen LogP) is 0.921. The molecule has 0 bridgehead atoms. The van der Waals surface area contributed by atoms with Crippen LogP contribution in [0.4, 0.5) is 5.82 Å². The van der Waals surface area contributed by atoms with Crippen molar-refractivity contribution in [2.24, 2.45) is 0 Å². The zero-order chi connectivity index (χ0) is 11.1. The summed E-state index contributed by atoms with van der Waals surface area (Å²) in [5.41, 5.74) is 0.300. The zero-order valence-corrected chi connectivity index (χ0v) is 8.64. The molecule has 1 unspecified atom stereocenters. The number of nitrogens with one attached hydrogen (secondary N) is 1. The number of hydrogen-bond donors (Lipinski definition) is 2. The fraction of sp³-hybridized carbons (Fsp3) is 0.500. The number of aromatic nitrogens is 2. The molecule has 5 nitrogen and oxygen atoms in total. The molecular formula is C10H14N4O. The van der Waals surface area contributed by atoms with Crippen molar-refractivity contribution in [3.63, 3.8) is 0 Å². The molecule has 0 aromatic carbocycles. The lowest BCUT2D eigenvalue weighted by molar-refractivity contribution is 0.164. The van der Waals surface area contributed by atoms with E-state index in [1.807, 2.05) is 13.0 Å². The van der Waals surface area contributed by atoms with Gasteiger partial charge >= 0.3 is 0 Å². The molecule has 1 rings (SSSR count). The van der Waals surface area contributed by atoms with Crippen LogP contribution in [0, 0.1) is 11.3 Å². The molecule has 1 aromatic heterocycles. The number of aliphatic hydroxyl groups is 1. The molecule has 80 valence electrons. The summed E-state index contributed by atoms with van der Waals surface area (Å²) in [6, 6.07) is 1.90. The molecule has 0 aliphatic heterocycles. The van der Waals surface area contributed by atoms with Crippen molar-refractivity contribution in [1.29, 1.82) is 5.26 Å². The molecule has 0 saturated heterocycles. The van der Waals surface area contributed by atoms with Gasteiger partial charge < -0.3 is 10.4 Å². The van der Waals surface area contributed by atoms with E-state index in [1.165, 1.54) is 12.4 Å². The van der Waals surface area contributed by atoms with Crippen LogP contribution in [0.3, 0.4) is 0 Å². The van der Waals surface area contributed by atoms with Crippen molar-refractivity contribution in [3.8, 4) is 6.07 Å². The van der Waals surface area contributed by atoms with Gasteiger partial charge in [-0.15, -0.1) is 0 Å². The van der Waals surface area contributed by atoms with Crippen LogP contribution in [-0.2, 0) is 0 Å². The van der Waals surface area contributed by atoms with Gasteiger partial charge in [0.25, 0.3) is 0 Å². The average molecular weight is 206 g/mol. The Labute approximate surface area is 88.8 Å². The lowest BCUT2D eigenvalue weighted by atomic mass is 10.2. The van der Waals surface area contributed by atoms with Gasteiger partial charge in [-0.3, -0.25) is 0 Å². The summed E-state index contributed by atoms with van der Waals surface area (Å²) in [7, 11) is 0. The molecule has 0 saturated carbocycles. The predicted molar refractivity (Wildman–Crippen MR) is 56.2 cm³/mol. The van der Waals surface area contributed by atoms with Crippen molar-refractivity contribution >= 4 is 5.82 Å². The van der Waals surface area contributed by atoms with Gasteiger partial charge in [0.2, 0.25) is 0 Å². The van der Waals surface area contributed by atoms with E-state index >= 15 is 0 Å². The van der Waals surface area contributed by atoms with Crippen LogP contribution in [0.25, 0.3) is 0 Å². The molecule has 1 atom stereocenters. The summed E-state index contributed by atoms with van der Waals surface area (Å²) < 4.78 is 0. The number of anilines is 1. The summed E-state index contributed by atoms with van der Waals surface area (Å²) >= 11 is 0. The van der Waals surface area contributed by atoms with Gasteiger partial charge in [-0.25, -0.2) is 9.97 Å². The normalized spacial score (nSPS) is 11.8. The molecule has 0 amide bonds. The Morgan fingerprint density at radius 1 is 1.53 bits per heavy atom. The lowest BCUT2D eigenvalue weighted by Crippen LogP contribution is -2.12. The highest BCUT2D eigenvalue weighted by molar-refractivity contribution is 5.32. The highest BCUT2D eigenvalue weighted by Crippen LogP contribution is 2.02. The van der Waals surface area contributed by atoms with Gasteiger partial charge in [0, 0.05) is 6.54 Å². The molecule has 0 fully saturated rings. The van der Waals surface area contributed by atoms with Gasteiger partial charge in [-0.05, 0) is 12.8 Å². The van der Waals surface area contributed by atoms with Gasteiger partial charge in [0.05, 0.1) is 18.5 Å². The van der Waals surface area contributed by atoms with E-state index in [1.54, 1.807) is 0 Å². The molecule has 5 heteroatoms. The quantitative estimate of drug-likeness (QED) is 0.748. The van der Waals surface area contributed by atoms with Crippen LogP contribution in [0.5, 0.6) is 0 Å². The minimum absolute atomic E-state index is 0.274. The van der Waals surface area contributed by atoms with Crippen molar-refractivity contribution in [3.05, 3.63) is 18.1 Å². The Morgan fingerprint density at radius 2 is 2.33 bits per heavy atom. The zero-order valence-electron chi connectivity index (χ0n) is 8.64. The van der Waals surface area contributed by atoms with Crippen molar-refractivity contribution in [2.75, 3.05) is 11.9 Å². The summed E-state index contributed by atoms with van der Waals surface area (Å²) in [5, 5.41) is 20.8. The maximum absolute atomic E-state index is 9.30. The molecule has 2 N–H and O–H groups in total. The minimum atomic E-state index is -0.274. The first-order chi connectivity index (χ1) is 7.26. The Morgan fingerprint density at radius 3 is 2.87 bits per heavy atom. The van der Waals surface area contributed by atoms with Crippen LogP contribution in [-0.4, -0.2) is 27.7 Å². The topological polar surface area (TPSA) is 81.8 Å². The highest BCUT2D eigenvalue weighted by atomic mass is 16.3. The lowest BCUT2D eigenvalue weighted by Gasteiger charge is -2.08. The molecule has 0 aliphatic rings. The number of rotatable bonds is 5. The molecule has 15 heavy (non-hydrogen) atoms. The Kier molecular flexibility index (Phi) is 4.51. The molecule has 0 radical (unpaired) electrons. The Balaban J connectivity index is 2.35. The van der Waals surface area contributed by atoms with Crippen LogP contribution >= 0.6 is 0 Å². The summed E-state index contributed by atoms with van der Waals surface area (Å²) in [6.45, 7) is 2.59. The highest BCUT2D eigenvalue weighted by Gasteiger charge is 2.00. The maximum atomic E-state index is 9.30. The number of hydrogen-bond acceptors (Lipinski definition) is 5. The van der Waals surface area contributed by atoms with E-state index in [4.69, 9.17) is 5.26 Å². The first kappa shape index (κ1) is 11.4. The SMILES string of the molecule is CCC(O)CCNc1cnc(C#N)cn1. The fourth-order valence-corrected chi connectivity index (χ4v) is 1.05. The van der Waals surface area contributed by atoms with Gasteiger partial charge in [0.1, 0.15) is 11.9 Å². The summed E-state index contributed by atoms with van der Waals surface area (Å²) in [5.74, 6) is 0.623. The van der Waals surface area contributed by atoms with E-state index in [0.717, 1.165) is 6.42 Å². The Hall–Kier alpha value is -1.67. The third kappa shape index (κ3) is 3.92. The third-order valence-electron chi connectivity index (χ3n) is 2.02. The largest absolute Gasteiger partial charge is 0.393 e. The average Bonchev–Trinajstić information content (AvgIpc) is 2.29.